The fourth-order valence-electron chi connectivity index (χ4n) is 4.03. The molecule has 0 N–H and O–H groups in total. The molecule has 0 amide bonds. The molecule has 1 saturated heterocycles. The van der Waals surface area contributed by atoms with Crippen LogP contribution in [0.4, 0.5) is 5.82 Å². The fourth-order valence-corrected chi connectivity index (χ4v) is 4.03. The van der Waals surface area contributed by atoms with E-state index in [0.29, 0.717) is 11.3 Å². The van der Waals surface area contributed by atoms with Crippen molar-refractivity contribution in [3.8, 4) is 0 Å². The molecular weight excluding hydrogens is 326 g/mol. The zero-order chi connectivity index (χ0) is 17.7. The molecule has 6 heteroatoms. The summed E-state index contributed by atoms with van der Waals surface area (Å²) in [7, 11) is 1.83. The maximum Gasteiger partial charge on any atom is 0.261 e. The molecule has 6 nitrogen and oxygen atoms in total. The number of nitrogens with zero attached hydrogens (tertiary/aromatic N) is 5. The van der Waals surface area contributed by atoms with Crippen LogP contribution in [-0.4, -0.2) is 26.1 Å². The highest BCUT2D eigenvalue weighted by Crippen LogP contribution is 2.45. The molecule has 0 radical (unpaired) electrons. The van der Waals surface area contributed by atoms with E-state index in [2.05, 4.69) is 14.9 Å². The number of rotatable bonds is 3. The zero-order valence-electron chi connectivity index (χ0n) is 14.8. The minimum atomic E-state index is 0.0130. The lowest BCUT2D eigenvalue weighted by Crippen LogP contribution is -2.31. The lowest BCUT2D eigenvalue weighted by molar-refractivity contribution is 0.604. The second-order valence-electron chi connectivity index (χ2n) is 7.24. The average Bonchev–Trinajstić information content (AvgIpc) is 3.42. The van der Waals surface area contributed by atoms with E-state index in [-0.39, 0.29) is 11.6 Å². The average molecular weight is 347 g/mol. The molecule has 0 bridgehead atoms. The Morgan fingerprint density at radius 2 is 1.88 bits per heavy atom. The van der Waals surface area contributed by atoms with Gasteiger partial charge in [-0.15, -0.1) is 0 Å². The molecule has 1 aliphatic carbocycles. The minimum Gasteiger partial charge on any atom is -0.345 e. The van der Waals surface area contributed by atoms with Crippen LogP contribution in [0.25, 0.3) is 10.9 Å². The van der Waals surface area contributed by atoms with Crippen LogP contribution in [-0.2, 0) is 7.05 Å². The molecule has 5 rings (SSSR count). The molecule has 2 aromatic heterocycles. The van der Waals surface area contributed by atoms with E-state index in [0.717, 1.165) is 42.2 Å². The van der Waals surface area contributed by atoms with Gasteiger partial charge in [0.1, 0.15) is 5.82 Å². The third-order valence-electron chi connectivity index (χ3n) is 5.51. The van der Waals surface area contributed by atoms with Gasteiger partial charge in [-0.2, -0.15) is 0 Å². The van der Waals surface area contributed by atoms with Gasteiger partial charge in [0.2, 0.25) is 0 Å². The predicted octanol–water partition coefficient (Wildman–Crippen LogP) is 2.94. The normalized spacial score (nSPS) is 20.0. The Morgan fingerprint density at radius 3 is 2.73 bits per heavy atom. The van der Waals surface area contributed by atoms with Gasteiger partial charge in [0.05, 0.1) is 22.6 Å². The second kappa shape index (κ2) is 5.90. The summed E-state index contributed by atoms with van der Waals surface area (Å²) in [5.74, 6) is 2.33. The van der Waals surface area contributed by atoms with Gasteiger partial charge >= 0.3 is 0 Å². The van der Waals surface area contributed by atoms with E-state index in [9.17, 15) is 4.79 Å². The summed E-state index contributed by atoms with van der Waals surface area (Å²) >= 11 is 0. The summed E-state index contributed by atoms with van der Waals surface area (Å²) in [5.41, 5.74) is 1.88. The van der Waals surface area contributed by atoms with E-state index < -0.39 is 0 Å². The van der Waals surface area contributed by atoms with E-state index in [1.807, 2.05) is 31.3 Å². The van der Waals surface area contributed by atoms with Gasteiger partial charge in [-0.1, -0.05) is 12.1 Å². The van der Waals surface area contributed by atoms with Crippen LogP contribution in [0, 0.1) is 0 Å². The summed E-state index contributed by atoms with van der Waals surface area (Å²) in [4.78, 5) is 29.2. The van der Waals surface area contributed by atoms with E-state index >= 15 is 0 Å². The van der Waals surface area contributed by atoms with E-state index in [4.69, 9.17) is 4.98 Å². The fraction of sp³-hybridized carbons (Fsp3) is 0.400. The van der Waals surface area contributed by atoms with Crippen LogP contribution in [0.3, 0.4) is 0 Å². The molecule has 3 aromatic rings. The molecule has 2 aliphatic rings. The lowest BCUT2D eigenvalue weighted by Gasteiger charge is -2.28. The number of hydrogen-bond acceptors (Lipinski definition) is 5. The number of benzene rings is 1. The Morgan fingerprint density at radius 1 is 1.08 bits per heavy atom. The number of para-hydroxylation sites is 1. The number of fused-ring (bicyclic) bond motifs is 1. The third-order valence-corrected chi connectivity index (χ3v) is 5.51. The monoisotopic (exact) mass is 347 g/mol. The highest BCUT2D eigenvalue weighted by atomic mass is 16.1. The van der Waals surface area contributed by atoms with Gasteiger partial charge in [-0.25, -0.2) is 9.97 Å². The molecule has 26 heavy (non-hydrogen) atoms. The van der Waals surface area contributed by atoms with Crippen molar-refractivity contribution in [1.29, 1.82) is 0 Å². The maximum atomic E-state index is 12.8. The molecule has 1 saturated carbocycles. The highest BCUT2D eigenvalue weighted by Gasteiger charge is 2.36. The summed E-state index contributed by atoms with van der Waals surface area (Å²) < 4.78 is 1.71. The standard InChI is InChI=1S/C20H21N5O/c1-24-18(23-15-6-3-2-5-14(15)20(24)26)16-7-4-12-25(16)19-17(13-8-9-13)21-10-11-22-19/h2-3,5-6,10-11,13,16H,4,7-9,12H2,1H3. The van der Waals surface area contributed by atoms with Gasteiger partial charge in [0.15, 0.2) is 5.82 Å². The van der Waals surface area contributed by atoms with Crippen molar-refractivity contribution in [1.82, 2.24) is 19.5 Å². The first-order chi connectivity index (χ1) is 12.7. The highest BCUT2D eigenvalue weighted by molar-refractivity contribution is 5.77. The summed E-state index contributed by atoms with van der Waals surface area (Å²) in [6.07, 6.45) is 7.97. The first-order valence-electron chi connectivity index (χ1n) is 9.27. The van der Waals surface area contributed by atoms with Crippen molar-refractivity contribution in [3.05, 3.63) is 58.5 Å². The van der Waals surface area contributed by atoms with Crippen LogP contribution < -0.4 is 10.5 Å². The van der Waals surface area contributed by atoms with Crippen LogP contribution >= 0.6 is 0 Å². The van der Waals surface area contributed by atoms with Gasteiger partial charge in [-0.05, 0) is 37.8 Å². The first-order valence-corrected chi connectivity index (χ1v) is 9.27. The molecule has 3 heterocycles. The number of hydrogen-bond donors (Lipinski definition) is 0. The largest absolute Gasteiger partial charge is 0.345 e. The Hall–Kier alpha value is -2.76. The number of anilines is 1. The Balaban J connectivity index is 1.63. The van der Waals surface area contributed by atoms with Crippen LogP contribution in [0.1, 0.15) is 49.2 Å². The third kappa shape index (κ3) is 2.40. The van der Waals surface area contributed by atoms with Gasteiger partial charge in [-0.3, -0.25) is 14.3 Å². The van der Waals surface area contributed by atoms with Crippen molar-refractivity contribution in [3.63, 3.8) is 0 Å². The number of aromatic nitrogens is 4. The van der Waals surface area contributed by atoms with Crippen molar-refractivity contribution in [2.75, 3.05) is 11.4 Å². The lowest BCUT2D eigenvalue weighted by atomic mass is 10.1. The smallest absolute Gasteiger partial charge is 0.261 e. The molecule has 1 aliphatic heterocycles. The van der Waals surface area contributed by atoms with Crippen LogP contribution in [0.15, 0.2) is 41.5 Å². The Labute approximate surface area is 151 Å². The Bertz CT molecular complexity index is 1040. The van der Waals surface area contributed by atoms with Crippen molar-refractivity contribution >= 4 is 16.7 Å². The minimum absolute atomic E-state index is 0.0130. The van der Waals surface area contributed by atoms with Crippen molar-refractivity contribution in [2.24, 2.45) is 7.05 Å². The summed E-state index contributed by atoms with van der Waals surface area (Å²) in [6.45, 7) is 0.922. The first kappa shape index (κ1) is 15.5. The molecule has 2 fully saturated rings. The van der Waals surface area contributed by atoms with E-state index in [1.165, 1.54) is 12.8 Å². The van der Waals surface area contributed by atoms with Crippen LogP contribution in [0.2, 0.25) is 0 Å². The van der Waals surface area contributed by atoms with Gasteiger partial charge in [0.25, 0.3) is 5.56 Å². The molecule has 132 valence electrons. The quantitative estimate of drug-likeness (QED) is 0.729. The van der Waals surface area contributed by atoms with Crippen molar-refractivity contribution in [2.45, 2.75) is 37.6 Å². The van der Waals surface area contributed by atoms with Crippen molar-refractivity contribution < 1.29 is 0 Å². The second-order valence-corrected chi connectivity index (χ2v) is 7.24. The molecule has 1 unspecified atom stereocenters. The topological polar surface area (TPSA) is 63.9 Å². The maximum absolute atomic E-state index is 12.8. The van der Waals surface area contributed by atoms with Crippen LogP contribution in [0.5, 0.6) is 0 Å². The molecular formula is C20H21N5O. The predicted molar refractivity (Wildman–Crippen MR) is 100 cm³/mol. The van der Waals surface area contributed by atoms with E-state index in [1.54, 1.807) is 17.0 Å². The van der Waals surface area contributed by atoms with Gasteiger partial charge < -0.3 is 4.90 Å². The van der Waals surface area contributed by atoms with Gasteiger partial charge in [0, 0.05) is 31.9 Å². The zero-order valence-corrected chi connectivity index (χ0v) is 14.8. The summed E-state index contributed by atoms with van der Waals surface area (Å²) in [6, 6.07) is 7.63. The Kier molecular flexibility index (Phi) is 3.51. The SMILES string of the molecule is Cn1c(C2CCCN2c2nccnc2C2CC2)nc2ccccc2c1=O. The molecule has 0 spiro atoms. The summed E-state index contributed by atoms with van der Waals surface area (Å²) in [5, 5.41) is 0.668. The molecule has 1 atom stereocenters. The molecule has 1 aromatic carbocycles.